The summed E-state index contributed by atoms with van der Waals surface area (Å²) in [6, 6.07) is 9.72. The highest BCUT2D eigenvalue weighted by molar-refractivity contribution is 5.65. The number of nitrogens with zero attached hydrogens (tertiary/aromatic N) is 1. The summed E-state index contributed by atoms with van der Waals surface area (Å²) < 4.78 is 0. The number of rotatable bonds is 8. The van der Waals surface area contributed by atoms with Gasteiger partial charge in [-0.25, -0.2) is 4.79 Å². The maximum atomic E-state index is 11.6. The Labute approximate surface area is 128 Å². The first-order chi connectivity index (χ1) is 9.91. The molecule has 1 unspecified atom stereocenters. The average molecular weight is 292 g/mol. The molecule has 0 aliphatic heterocycles. The lowest BCUT2D eigenvalue weighted by molar-refractivity contribution is 0.115. The molecule has 1 aromatic carbocycles. The molecule has 1 rings (SSSR count). The van der Waals surface area contributed by atoms with Crippen LogP contribution in [0.3, 0.4) is 0 Å². The lowest BCUT2D eigenvalue weighted by Gasteiger charge is -2.31. The predicted molar refractivity (Wildman–Crippen MR) is 86.5 cm³/mol. The first-order valence-corrected chi connectivity index (χ1v) is 7.67. The first-order valence-electron chi connectivity index (χ1n) is 7.67. The van der Waals surface area contributed by atoms with Crippen molar-refractivity contribution in [3.63, 3.8) is 0 Å². The van der Waals surface area contributed by atoms with E-state index in [9.17, 15) is 9.90 Å². The van der Waals surface area contributed by atoms with E-state index < -0.39 is 6.09 Å². The van der Waals surface area contributed by atoms with E-state index in [-0.39, 0.29) is 6.04 Å². The van der Waals surface area contributed by atoms with Crippen LogP contribution in [0.5, 0.6) is 0 Å². The Balaban J connectivity index is 2.90. The fourth-order valence-corrected chi connectivity index (χ4v) is 2.32. The van der Waals surface area contributed by atoms with Crippen molar-refractivity contribution in [1.82, 2.24) is 10.2 Å². The van der Waals surface area contributed by atoms with Gasteiger partial charge in [0.1, 0.15) is 0 Å². The number of amides is 1. The maximum absolute atomic E-state index is 11.6. The SMILES string of the molecule is CC(C)CNCC(c1ccccc1)N(CC(C)C)C(=O)O. The minimum Gasteiger partial charge on any atom is -0.465 e. The Morgan fingerprint density at radius 2 is 1.71 bits per heavy atom. The smallest absolute Gasteiger partial charge is 0.407 e. The minimum absolute atomic E-state index is 0.148. The van der Waals surface area contributed by atoms with Crippen molar-refractivity contribution in [3.8, 4) is 0 Å². The van der Waals surface area contributed by atoms with Crippen LogP contribution in [0.4, 0.5) is 4.79 Å². The predicted octanol–water partition coefficient (Wildman–Crippen LogP) is 3.61. The van der Waals surface area contributed by atoms with Crippen molar-refractivity contribution in [3.05, 3.63) is 35.9 Å². The molecule has 0 aliphatic rings. The van der Waals surface area contributed by atoms with Crippen LogP contribution in [0.2, 0.25) is 0 Å². The number of benzene rings is 1. The molecular formula is C17H28N2O2. The molecule has 1 amide bonds. The average Bonchev–Trinajstić information content (AvgIpc) is 2.42. The second-order valence-electron chi connectivity index (χ2n) is 6.31. The van der Waals surface area contributed by atoms with Crippen LogP contribution in [0.25, 0.3) is 0 Å². The van der Waals surface area contributed by atoms with E-state index in [1.807, 2.05) is 44.2 Å². The van der Waals surface area contributed by atoms with Crippen LogP contribution in [0.1, 0.15) is 39.3 Å². The molecule has 0 aliphatic carbocycles. The lowest BCUT2D eigenvalue weighted by atomic mass is 10.0. The normalized spacial score (nSPS) is 12.7. The molecule has 1 aromatic rings. The molecule has 4 nitrogen and oxygen atoms in total. The fraction of sp³-hybridized carbons (Fsp3) is 0.588. The third kappa shape index (κ3) is 6.17. The zero-order valence-electron chi connectivity index (χ0n) is 13.5. The molecule has 2 N–H and O–H groups in total. The molecule has 118 valence electrons. The van der Waals surface area contributed by atoms with Gasteiger partial charge < -0.3 is 10.4 Å². The van der Waals surface area contributed by atoms with Crippen LogP contribution < -0.4 is 5.32 Å². The molecule has 0 fully saturated rings. The minimum atomic E-state index is -0.857. The second kappa shape index (κ2) is 8.67. The lowest BCUT2D eigenvalue weighted by Crippen LogP contribution is -2.41. The van der Waals surface area contributed by atoms with E-state index in [0.717, 1.165) is 12.1 Å². The van der Waals surface area contributed by atoms with Gasteiger partial charge in [-0.15, -0.1) is 0 Å². The molecule has 1 atom stereocenters. The summed E-state index contributed by atoms with van der Waals surface area (Å²) in [5.41, 5.74) is 1.04. The Morgan fingerprint density at radius 1 is 1.10 bits per heavy atom. The van der Waals surface area contributed by atoms with E-state index in [2.05, 4.69) is 19.2 Å². The van der Waals surface area contributed by atoms with E-state index in [0.29, 0.717) is 24.9 Å². The third-order valence-electron chi connectivity index (χ3n) is 3.26. The Kier molecular flexibility index (Phi) is 7.23. The van der Waals surface area contributed by atoms with Crippen LogP contribution in [-0.4, -0.2) is 35.7 Å². The molecule has 0 heterocycles. The number of carbonyl (C=O) groups is 1. The number of nitrogens with one attached hydrogen (secondary N) is 1. The molecule has 4 heteroatoms. The van der Waals surface area contributed by atoms with Gasteiger partial charge in [0.25, 0.3) is 0 Å². The topological polar surface area (TPSA) is 52.6 Å². The highest BCUT2D eigenvalue weighted by Gasteiger charge is 2.25. The van der Waals surface area contributed by atoms with Gasteiger partial charge in [0, 0.05) is 13.1 Å². The first kappa shape index (κ1) is 17.5. The van der Waals surface area contributed by atoms with E-state index in [4.69, 9.17) is 0 Å². The van der Waals surface area contributed by atoms with Gasteiger partial charge in [-0.2, -0.15) is 0 Å². The Morgan fingerprint density at radius 3 is 2.19 bits per heavy atom. The largest absolute Gasteiger partial charge is 0.465 e. The Hall–Kier alpha value is -1.55. The van der Waals surface area contributed by atoms with Crippen molar-refractivity contribution in [2.45, 2.75) is 33.7 Å². The van der Waals surface area contributed by atoms with Crippen molar-refractivity contribution in [2.24, 2.45) is 11.8 Å². The van der Waals surface area contributed by atoms with Crippen LogP contribution in [0.15, 0.2) is 30.3 Å². The van der Waals surface area contributed by atoms with Crippen LogP contribution >= 0.6 is 0 Å². The van der Waals surface area contributed by atoms with Crippen molar-refractivity contribution in [1.29, 1.82) is 0 Å². The maximum Gasteiger partial charge on any atom is 0.407 e. The van der Waals surface area contributed by atoms with Gasteiger partial charge >= 0.3 is 6.09 Å². The standard InChI is InChI=1S/C17H28N2O2/c1-13(2)10-18-11-16(15-8-6-5-7-9-15)19(17(20)21)12-14(3)4/h5-9,13-14,16,18H,10-12H2,1-4H3,(H,20,21). The molecule has 0 radical (unpaired) electrons. The summed E-state index contributed by atoms with van der Waals surface area (Å²) in [5.74, 6) is 0.849. The Bertz CT molecular complexity index is 418. The summed E-state index contributed by atoms with van der Waals surface area (Å²) in [6.45, 7) is 10.4. The molecule has 0 aromatic heterocycles. The van der Waals surface area contributed by atoms with Crippen molar-refractivity contribution in [2.75, 3.05) is 19.6 Å². The molecule has 0 bridgehead atoms. The summed E-state index contributed by atoms with van der Waals surface area (Å²) in [4.78, 5) is 13.2. The zero-order chi connectivity index (χ0) is 15.8. The summed E-state index contributed by atoms with van der Waals surface area (Å²) in [7, 11) is 0. The molecular weight excluding hydrogens is 264 g/mol. The van der Waals surface area contributed by atoms with Gasteiger partial charge in [0.05, 0.1) is 6.04 Å². The number of hydrogen-bond acceptors (Lipinski definition) is 2. The van der Waals surface area contributed by atoms with Gasteiger partial charge in [-0.1, -0.05) is 58.0 Å². The summed E-state index contributed by atoms with van der Waals surface area (Å²) in [5, 5.41) is 12.9. The van der Waals surface area contributed by atoms with Gasteiger partial charge in [0.15, 0.2) is 0 Å². The molecule has 0 saturated carbocycles. The van der Waals surface area contributed by atoms with E-state index >= 15 is 0 Å². The van der Waals surface area contributed by atoms with Gasteiger partial charge in [-0.3, -0.25) is 4.90 Å². The van der Waals surface area contributed by atoms with Crippen molar-refractivity contribution < 1.29 is 9.90 Å². The summed E-state index contributed by atoms with van der Waals surface area (Å²) in [6.07, 6.45) is -0.857. The molecule has 21 heavy (non-hydrogen) atoms. The van der Waals surface area contributed by atoms with Gasteiger partial charge in [-0.05, 0) is 23.9 Å². The summed E-state index contributed by atoms with van der Waals surface area (Å²) >= 11 is 0. The second-order valence-corrected chi connectivity index (χ2v) is 6.31. The van der Waals surface area contributed by atoms with E-state index in [1.54, 1.807) is 4.90 Å². The third-order valence-corrected chi connectivity index (χ3v) is 3.26. The molecule has 0 spiro atoms. The highest BCUT2D eigenvalue weighted by Crippen LogP contribution is 2.21. The molecule has 0 saturated heterocycles. The van der Waals surface area contributed by atoms with Crippen molar-refractivity contribution >= 4 is 6.09 Å². The fourth-order valence-electron chi connectivity index (χ4n) is 2.32. The van der Waals surface area contributed by atoms with Crippen LogP contribution in [-0.2, 0) is 0 Å². The monoisotopic (exact) mass is 292 g/mol. The van der Waals surface area contributed by atoms with Crippen LogP contribution in [0, 0.1) is 11.8 Å². The zero-order valence-corrected chi connectivity index (χ0v) is 13.5. The number of carboxylic acid groups (broad SMARTS) is 1. The number of hydrogen-bond donors (Lipinski definition) is 2. The highest BCUT2D eigenvalue weighted by atomic mass is 16.4. The quantitative estimate of drug-likeness (QED) is 0.769. The van der Waals surface area contributed by atoms with E-state index in [1.165, 1.54) is 0 Å². The van der Waals surface area contributed by atoms with Gasteiger partial charge in [0.2, 0.25) is 0 Å².